The van der Waals surface area contributed by atoms with E-state index in [1.165, 1.54) is 4.90 Å². The average molecular weight is 184 g/mol. The molecule has 0 aliphatic carbocycles. The Bertz CT molecular complexity index is 187. The van der Waals surface area contributed by atoms with E-state index >= 15 is 0 Å². The first kappa shape index (κ1) is 11.9. The van der Waals surface area contributed by atoms with Crippen molar-refractivity contribution < 1.29 is 9.53 Å². The fourth-order valence-electron chi connectivity index (χ4n) is 0.928. The maximum Gasteiger partial charge on any atom is 0.249 e. The summed E-state index contributed by atoms with van der Waals surface area (Å²) < 4.78 is 4.97. The van der Waals surface area contributed by atoms with E-state index in [0.29, 0.717) is 13.2 Å². The summed E-state index contributed by atoms with van der Waals surface area (Å²) in [4.78, 5) is 12.8. The summed E-state index contributed by atoms with van der Waals surface area (Å²) in [6, 6.07) is 1.96. The monoisotopic (exact) mass is 184 g/mol. The minimum atomic E-state index is -0.106. The van der Waals surface area contributed by atoms with Gasteiger partial charge < -0.3 is 9.64 Å². The predicted octanol–water partition coefficient (Wildman–Crippen LogP) is 0.785. The van der Waals surface area contributed by atoms with Gasteiger partial charge in [0.05, 0.1) is 6.07 Å². The standard InChI is InChI=1S/C9H16N2O2/c1-3-6-11(7-5-10)9(12)8-13-4-2/h3-4,6-8H2,1-2H3. The molecular formula is C9H16N2O2. The topological polar surface area (TPSA) is 53.3 Å². The van der Waals surface area contributed by atoms with E-state index < -0.39 is 0 Å². The van der Waals surface area contributed by atoms with Crippen LogP contribution in [0, 0.1) is 11.3 Å². The van der Waals surface area contributed by atoms with Gasteiger partial charge in [0.25, 0.3) is 0 Å². The van der Waals surface area contributed by atoms with Gasteiger partial charge in [0.2, 0.25) is 5.91 Å². The first-order valence-electron chi connectivity index (χ1n) is 4.48. The Morgan fingerprint density at radius 1 is 1.54 bits per heavy atom. The number of hydrogen-bond acceptors (Lipinski definition) is 3. The van der Waals surface area contributed by atoms with Gasteiger partial charge in [-0.05, 0) is 13.3 Å². The summed E-state index contributed by atoms with van der Waals surface area (Å²) in [5.41, 5.74) is 0. The highest BCUT2D eigenvalue weighted by Crippen LogP contribution is 1.92. The van der Waals surface area contributed by atoms with Gasteiger partial charge in [0.15, 0.2) is 0 Å². The van der Waals surface area contributed by atoms with Crippen molar-refractivity contribution in [3.8, 4) is 6.07 Å². The van der Waals surface area contributed by atoms with Crippen LogP contribution in [0.3, 0.4) is 0 Å². The van der Waals surface area contributed by atoms with E-state index in [4.69, 9.17) is 10.00 Å². The van der Waals surface area contributed by atoms with E-state index in [1.807, 2.05) is 19.9 Å². The second kappa shape index (κ2) is 7.56. The van der Waals surface area contributed by atoms with Crippen molar-refractivity contribution in [3.63, 3.8) is 0 Å². The molecule has 0 aliphatic heterocycles. The average Bonchev–Trinajstić information content (AvgIpc) is 2.14. The van der Waals surface area contributed by atoms with Crippen molar-refractivity contribution in [2.75, 3.05) is 26.3 Å². The zero-order chi connectivity index (χ0) is 10.1. The molecule has 1 amide bonds. The molecular weight excluding hydrogens is 168 g/mol. The molecule has 0 N–H and O–H groups in total. The van der Waals surface area contributed by atoms with Gasteiger partial charge in [-0.15, -0.1) is 0 Å². The molecule has 13 heavy (non-hydrogen) atoms. The first-order valence-corrected chi connectivity index (χ1v) is 4.48. The smallest absolute Gasteiger partial charge is 0.249 e. The number of nitrogens with zero attached hydrogens (tertiary/aromatic N) is 2. The Kier molecular flexibility index (Phi) is 6.93. The number of carbonyl (C=O) groups is 1. The highest BCUT2D eigenvalue weighted by molar-refractivity contribution is 5.77. The third-order valence-electron chi connectivity index (χ3n) is 1.54. The van der Waals surface area contributed by atoms with Gasteiger partial charge in [0, 0.05) is 13.2 Å². The number of nitriles is 1. The molecule has 0 fully saturated rings. The van der Waals surface area contributed by atoms with E-state index in [2.05, 4.69) is 0 Å². The van der Waals surface area contributed by atoms with Gasteiger partial charge >= 0.3 is 0 Å². The van der Waals surface area contributed by atoms with Crippen LogP contribution in [0.1, 0.15) is 20.3 Å². The molecule has 0 heterocycles. The van der Waals surface area contributed by atoms with Gasteiger partial charge in [-0.25, -0.2) is 0 Å². The Morgan fingerprint density at radius 3 is 2.69 bits per heavy atom. The number of amides is 1. The predicted molar refractivity (Wildman–Crippen MR) is 49.0 cm³/mol. The number of hydrogen-bond donors (Lipinski definition) is 0. The lowest BCUT2D eigenvalue weighted by Gasteiger charge is -2.18. The van der Waals surface area contributed by atoms with Crippen molar-refractivity contribution >= 4 is 5.91 Å². The summed E-state index contributed by atoms with van der Waals surface area (Å²) in [5, 5.41) is 8.45. The first-order chi connectivity index (χ1) is 6.26. The minimum Gasteiger partial charge on any atom is -0.372 e. The van der Waals surface area contributed by atoms with Crippen molar-refractivity contribution in [1.29, 1.82) is 5.26 Å². The molecule has 0 bridgehead atoms. The number of rotatable bonds is 6. The minimum absolute atomic E-state index is 0.0815. The molecule has 0 atom stereocenters. The summed E-state index contributed by atoms with van der Waals surface area (Å²) in [7, 11) is 0. The Balaban J connectivity index is 3.89. The molecule has 0 saturated carbocycles. The quantitative estimate of drug-likeness (QED) is 0.573. The van der Waals surface area contributed by atoms with Crippen LogP contribution in [0.25, 0.3) is 0 Å². The second-order valence-corrected chi connectivity index (χ2v) is 2.61. The van der Waals surface area contributed by atoms with E-state index in [1.54, 1.807) is 0 Å². The molecule has 0 unspecified atom stereocenters. The molecule has 0 aromatic rings. The SMILES string of the molecule is CCCN(CC#N)C(=O)COCC. The Hall–Kier alpha value is -1.08. The van der Waals surface area contributed by atoms with Gasteiger partial charge in [-0.3, -0.25) is 4.79 Å². The van der Waals surface area contributed by atoms with Crippen LogP contribution in [0.2, 0.25) is 0 Å². The summed E-state index contributed by atoms with van der Waals surface area (Å²) in [6.45, 7) is 5.19. The van der Waals surface area contributed by atoms with E-state index in [-0.39, 0.29) is 19.1 Å². The molecule has 0 rings (SSSR count). The van der Waals surface area contributed by atoms with E-state index in [0.717, 1.165) is 6.42 Å². The Labute approximate surface area is 79.1 Å². The lowest BCUT2D eigenvalue weighted by atomic mass is 10.4. The van der Waals surface area contributed by atoms with Crippen LogP contribution in [0.5, 0.6) is 0 Å². The fourth-order valence-corrected chi connectivity index (χ4v) is 0.928. The van der Waals surface area contributed by atoms with Crippen molar-refractivity contribution in [2.45, 2.75) is 20.3 Å². The molecule has 0 radical (unpaired) electrons. The van der Waals surface area contributed by atoms with Crippen LogP contribution in [0.4, 0.5) is 0 Å². The summed E-state index contributed by atoms with van der Waals surface area (Å²) in [6.07, 6.45) is 0.861. The lowest BCUT2D eigenvalue weighted by Crippen LogP contribution is -2.35. The summed E-state index contributed by atoms with van der Waals surface area (Å²) >= 11 is 0. The normalized spacial score (nSPS) is 9.31. The molecule has 4 heteroatoms. The van der Waals surface area contributed by atoms with Crippen molar-refractivity contribution in [3.05, 3.63) is 0 Å². The van der Waals surface area contributed by atoms with Crippen LogP contribution >= 0.6 is 0 Å². The zero-order valence-corrected chi connectivity index (χ0v) is 8.25. The highest BCUT2D eigenvalue weighted by atomic mass is 16.5. The third kappa shape index (κ3) is 5.21. The lowest BCUT2D eigenvalue weighted by molar-refractivity contribution is -0.135. The molecule has 4 nitrogen and oxygen atoms in total. The number of ether oxygens (including phenoxy) is 1. The van der Waals surface area contributed by atoms with Crippen LogP contribution in [-0.4, -0.2) is 37.1 Å². The van der Waals surface area contributed by atoms with Crippen LogP contribution in [0.15, 0.2) is 0 Å². The molecule has 0 saturated heterocycles. The Morgan fingerprint density at radius 2 is 2.23 bits per heavy atom. The summed E-state index contributed by atoms with van der Waals surface area (Å²) in [5.74, 6) is -0.106. The van der Waals surface area contributed by atoms with Crippen LogP contribution in [-0.2, 0) is 9.53 Å². The molecule has 0 spiro atoms. The zero-order valence-electron chi connectivity index (χ0n) is 8.25. The van der Waals surface area contributed by atoms with Crippen molar-refractivity contribution in [1.82, 2.24) is 4.90 Å². The third-order valence-corrected chi connectivity index (χ3v) is 1.54. The number of carbonyl (C=O) groups excluding carboxylic acids is 1. The fraction of sp³-hybridized carbons (Fsp3) is 0.778. The largest absolute Gasteiger partial charge is 0.372 e. The van der Waals surface area contributed by atoms with Gasteiger partial charge in [-0.1, -0.05) is 6.92 Å². The second-order valence-electron chi connectivity index (χ2n) is 2.61. The molecule has 74 valence electrons. The maximum absolute atomic E-state index is 11.3. The van der Waals surface area contributed by atoms with Crippen LogP contribution < -0.4 is 0 Å². The molecule has 0 aliphatic rings. The highest BCUT2D eigenvalue weighted by Gasteiger charge is 2.11. The van der Waals surface area contributed by atoms with E-state index in [9.17, 15) is 4.79 Å². The molecule has 0 aromatic heterocycles. The van der Waals surface area contributed by atoms with Crippen molar-refractivity contribution in [2.24, 2.45) is 0 Å². The van der Waals surface area contributed by atoms with Gasteiger partial charge in [0.1, 0.15) is 13.2 Å². The van der Waals surface area contributed by atoms with Gasteiger partial charge in [-0.2, -0.15) is 5.26 Å². The maximum atomic E-state index is 11.3. The molecule has 0 aromatic carbocycles.